The second kappa shape index (κ2) is 12.1. The molecule has 3 rings (SSSR count). The summed E-state index contributed by atoms with van der Waals surface area (Å²) >= 11 is 0. The van der Waals surface area contributed by atoms with Gasteiger partial charge in [0.1, 0.15) is 17.4 Å². The summed E-state index contributed by atoms with van der Waals surface area (Å²) in [6.07, 6.45) is 0.286. The van der Waals surface area contributed by atoms with E-state index in [0.29, 0.717) is 30.4 Å². The Balaban J connectivity index is 1.94. The van der Waals surface area contributed by atoms with Crippen LogP contribution in [-0.2, 0) is 11.3 Å². The van der Waals surface area contributed by atoms with Gasteiger partial charge in [0.25, 0.3) is 0 Å². The van der Waals surface area contributed by atoms with Gasteiger partial charge in [0.2, 0.25) is 5.88 Å². The maximum atomic E-state index is 13.8. The second-order valence-electron chi connectivity index (χ2n) is 8.59. The quantitative estimate of drug-likeness (QED) is 0.389. The Morgan fingerprint density at radius 1 is 1.09 bits per heavy atom. The van der Waals surface area contributed by atoms with Crippen LogP contribution in [0.5, 0.6) is 11.6 Å². The lowest BCUT2D eigenvalue weighted by molar-refractivity contribution is -0.00957. The van der Waals surface area contributed by atoms with E-state index in [1.54, 1.807) is 28.9 Å². The zero-order valence-electron chi connectivity index (χ0n) is 20.2. The third kappa shape index (κ3) is 7.09. The van der Waals surface area contributed by atoms with Gasteiger partial charge < -0.3 is 14.6 Å². The molecule has 0 fully saturated rings. The Labute approximate surface area is 199 Å². The monoisotopic (exact) mass is 473 g/mol. The van der Waals surface area contributed by atoms with Gasteiger partial charge in [-0.2, -0.15) is 5.10 Å². The molecule has 6 nitrogen and oxygen atoms in total. The number of benzene rings is 2. The number of ether oxygens (including phenoxy) is 2. The number of aryl methyl sites for hydroxylation is 1. The molecule has 0 radical (unpaired) electrons. The predicted octanol–water partition coefficient (Wildman–Crippen LogP) is 5.25. The van der Waals surface area contributed by atoms with Crippen molar-refractivity contribution in [1.29, 1.82) is 0 Å². The van der Waals surface area contributed by atoms with E-state index >= 15 is 0 Å². The molecule has 0 aliphatic carbocycles. The maximum absolute atomic E-state index is 13.8. The number of rotatable bonds is 12. The molecule has 8 heteroatoms. The Morgan fingerprint density at radius 3 is 2.47 bits per heavy atom. The van der Waals surface area contributed by atoms with Crippen LogP contribution in [0.2, 0.25) is 0 Å². The number of aromatic nitrogens is 2. The fraction of sp³-hybridized carbons (Fsp3) is 0.423. The maximum Gasteiger partial charge on any atom is 0.227 e. The molecule has 0 amide bonds. The van der Waals surface area contributed by atoms with Crippen LogP contribution in [0.1, 0.15) is 38.4 Å². The van der Waals surface area contributed by atoms with E-state index in [-0.39, 0.29) is 18.5 Å². The summed E-state index contributed by atoms with van der Waals surface area (Å²) in [6, 6.07) is 11.8. The highest BCUT2D eigenvalue weighted by atomic mass is 19.1. The fourth-order valence-corrected chi connectivity index (χ4v) is 3.65. The van der Waals surface area contributed by atoms with Crippen molar-refractivity contribution in [3.8, 4) is 17.3 Å². The topological polar surface area (TPSA) is 59.8 Å². The SMILES string of the molecule is CCCN(Cc1c(C)nn(-c2ccc(F)cc2)c1Oc1cccc(F)c1)C[C@H](O)COC(C)C. The summed E-state index contributed by atoms with van der Waals surface area (Å²) < 4.78 is 40.7. The van der Waals surface area contributed by atoms with Crippen molar-refractivity contribution in [3.63, 3.8) is 0 Å². The molecule has 0 bridgehead atoms. The molecule has 1 aromatic heterocycles. The van der Waals surface area contributed by atoms with Crippen LogP contribution in [0.25, 0.3) is 5.69 Å². The fourth-order valence-electron chi connectivity index (χ4n) is 3.65. The third-order valence-corrected chi connectivity index (χ3v) is 5.23. The van der Waals surface area contributed by atoms with Gasteiger partial charge in [-0.05, 0) is 70.1 Å². The van der Waals surface area contributed by atoms with Crippen molar-refractivity contribution in [2.75, 3.05) is 19.7 Å². The molecule has 0 spiro atoms. The van der Waals surface area contributed by atoms with Crippen LogP contribution in [0, 0.1) is 18.6 Å². The predicted molar refractivity (Wildman–Crippen MR) is 127 cm³/mol. The molecule has 1 N–H and O–H groups in total. The Hall–Kier alpha value is -2.81. The largest absolute Gasteiger partial charge is 0.438 e. The number of aliphatic hydroxyl groups is 1. The molecule has 0 saturated heterocycles. The summed E-state index contributed by atoms with van der Waals surface area (Å²) in [5.41, 5.74) is 2.15. The van der Waals surface area contributed by atoms with Gasteiger partial charge >= 0.3 is 0 Å². The van der Waals surface area contributed by atoms with Gasteiger partial charge in [-0.25, -0.2) is 13.5 Å². The molecular formula is C26H33F2N3O3. The zero-order chi connectivity index (χ0) is 24.7. The van der Waals surface area contributed by atoms with Crippen LogP contribution in [-0.4, -0.2) is 51.7 Å². The molecule has 0 aliphatic heterocycles. The van der Waals surface area contributed by atoms with E-state index in [0.717, 1.165) is 24.2 Å². The normalized spacial score (nSPS) is 12.5. The van der Waals surface area contributed by atoms with Crippen molar-refractivity contribution < 1.29 is 23.4 Å². The molecule has 0 unspecified atom stereocenters. The standard InChI is InChI=1S/C26H33F2N3O3/c1-5-13-30(15-23(32)17-33-18(2)3)16-25-19(4)29-31(22-11-9-20(27)10-12-22)26(25)34-24-8-6-7-21(28)14-24/h6-12,14,18,23,32H,5,13,15-17H2,1-4H3/t23-/m0/s1. The van der Waals surface area contributed by atoms with Gasteiger partial charge in [-0.15, -0.1) is 0 Å². The minimum absolute atomic E-state index is 0.0386. The van der Waals surface area contributed by atoms with Crippen LogP contribution in [0.15, 0.2) is 48.5 Å². The Kier molecular flexibility index (Phi) is 9.15. The van der Waals surface area contributed by atoms with Crippen LogP contribution >= 0.6 is 0 Å². The number of nitrogens with zero attached hydrogens (tertiary/aromatic N) is 3. The van der Waals surface area contributed by atoms with Gasteiger partial charge in [0, 0.05) is 19.2 Å². The van der Waals surface area contributed by atoms with Gasteiger partial charge in [-0.1, -0.05) is 13.0 Å². The number of halogens is 2. The highest BCUT2D eigenvalue weighted by molar-refractivity contribution is 5.43. The third-order valence-electron chi connectivity index (χ3n) is 5.23. The molecule has 2 aromatic carbocycles. The van der Waals surface area contributed by atoms with Crippen molar-refractivity contribution in [2.45, 2.75) is 52.9 Å². The number of hydrogen-bond acceptors (Lipinski definition) is 5. The Morgan fingerprint density at radius 2 is 1.82 bits per heavy atom. The molecule has 34 heavy (non-hydrogen) atoms. The summed E-state index contributed by atoms with van der Waals surface area (Å²) in [5.74, 6) is -0.0164. The first kappa shape index (κ1) is 25.8. The van der Waals surface area contributed by atoms with E-state index in [2.05, 4.69) is 16.9 Å². The van der Waals surface area contributed by atoms with E-state index in [1.165, 1.54) is 24.3 Å². The minimum atomic E-state index is -0.644. The summed E-state index contributed by atoms with van der Waals surface area (Å²) in [6.45, 7) is 9.68. The summed E-state index contributed by atoms with van der Waals surface area (Å²) in [4.78, 5) is 2.12. The molecule has 1 heterocycles. The molecular weight excluding hydrogens is 440 g/mol. The lowest BCUT2D eigenvalue weighted by Crippen LogP contribution is -2.35. The van der Waals surface area contributed by atoms with Gasteiger partial charge in [0.15, 0.2) is 0 Å². The number of hydrogen-bond donors (Lipinski definition) is 1. The summed E-state index contributed by atoms with van der Waals surface area (Å²) in [5, 5.41) is 15.1. The minimum Gasteiger partial charge on any atom is -0.438 e. The van der Waals surface area contributed by atoms with Crippen molar-refractivity contribution >= 4 is 0 Å². The average molecular weight is 474 g/mol. The van der Waals surface area contributed by atoms with Crippen LogP contribution in [0.3, 0.4) is 0 Å². The van der Waals surface area contributed by atoms with Crippen LogP contribution < -0.4 is 4.74 Å². The van der Waals surface area contributed by atoms with E-state index in [4.69, 9.17) is 9.47 Å². The van der Waals surface area contributed by atoms with Gasteiger partial charge in [-0.3, -0.25) is 4.90 Å². The average Bonchev–Trinajstić information content (AvgIpc) is 3.08. The highest BCUT2D eigenvalue weighted by Crippen LogP contribution is 2.32. The van der Waals surface area contributed by atoms with Crippen molar-refractivity contribution in [1.82, 2.24) is 14.7 Å². The second-order valence-corrected chi connectivity index (χ2v) is 8.59. The first-order valence-corrected chi connectivity index (χ1v) is 11.6. The zero-order valence-corrected chi connectivity index (χ0v) is 20.2. The molecule has 184 valence electrons. The number of aliphatic hydroxyl groups excluding tert-OH is 1. The first-order valence-electron chi connectivity index (χ1n) is 11.6. The lowest BCUT2D eigenvalue weighted by atomic mass is 10.2. The van der Waals surface area contributed by atoms with E-state index in [1.807, 2.05) is 20.8 Å². The molecule has 0 aliphatic rings. The van der Waals surface area contributed by atoms with Crippen molar-refractivity contribution in [3.05, 3.63) is 71.4 Å². The smallest absolute Gasteiger partial charge is 0.227 e. The van der Waals surface area contributed by atoms with Gasteiger partial charge in [0.05, 0.1) is 35.8 Å². The van der Waals surface area contributed by atoms with Crippen LogP contribution in [0.4, 0.5) is 8.78 Å². The lowest BCUT2D eigenvalue weighted by Gasteiger charge is -2.25. The highest BCUT2D eigenvalue weighted by Gasteiger charge is 2.23. The first-order chi connectivity index (χ1) is 16.3. The molecule has 1 atom stereocenters. The van der Waals surface area contributed by atoms with E-state index < -0.39 is 11.9 Å². The summed E-state index contributed by atoms with van der Waals surface area (Å²) in [7, 11) is 0. The molecule has 0 saturated carbocycles. The Bertz CT molecular complexity index is 1050. The molecule has 3 aromatic rings. The van der Waals surface area contributed by atoms with E-state index in [9.17, 15) is 13.9 Å². The van der Waals surface area contributed by atoms with Crippen molar-refractivity contribution in [2.24, 2.45) is 0 Å².